The third-order valence-electron chi connectivity index (χ3n) is 5.61. The molecule has 4 aromatic rings. The largest absolute Gasteiger partial charge is 0.500 e. The first kappa shape index (κ1) is 22.4. The van der Waals surface area contributed by atoms with E-state index in [9.17, 15) is 20.0 Å². The molecule has 0 aliphatic carbocycles. The second-order valence-corrected chi connectivity index (χ2v) is 8.73. The number of fused-ring (bicyclic) bond motifs is 3. The van der Waals surface area contributed by atoms with Gasteiger partial charge in [-0.2, -0.15) is 0 Å². The van der Waals surface area contributed by atoms with Crippen molar-refractivity contribution in [3.05, 3.63) is 98.3 Å². The van der Waals surface area contributed by atoms with E-state index in [0.29, 0.717) is 33.4 Å². The maximum atomic E-state index is 13.3. The normalized spacial score (nSPS) is 13.9. The summed E-state index contributed by atoms with van der Waals surface area (Å²) in [5, 5.41) is 30.2. The van der Waals surface area contributed by atoms with Crippen LogP contribution in [0.4, 0.5) is 11.4 Å². The highest BCUT2D eigenvalue weighted by Crippen LogP contribution is 2.40. The van der Waals surface area contributed by atoms with Crippen molar-refractivity contribution in [1.29, 1.82) is 0 Å². The van der Waals surface area contributed by atoms with Gasteiger partial charge in [0.2, 0.25) is 10.9 Å². The Morgan fingerprint density at radius 1 is 1.17 bits per heavy atom. The summed E-state index contributed by atoms with van der Waals surface area (Å²) in [5.41, 5.74) is 2.25. The number of nitrogens with zero attached hydrogens (tertiary/aromatic N) is 3. The quantitative estimate of drug-likeness (QED) is 0.162. The van der Waals surface area contributed by atoms with Gasteiger partial charge < -0.3 is 15.2 Å². The van der Waals surface area contributed by atoms with Crippen molar-refractivity contribution < 1.29 is 19.4 Å². The minimum atomic E-state index is -0.772. The van der Waals surface area contributed by atoms with Crippen LogP contribution in [-0.2, 0) is 5.75 Å². The molecule has 3 aromatic carbocycles. The van der Waals surface area contributed by atoms with Crippen LogP contribution in [0, 0.1) is 10.1 Å². The minimum absolute atomic E-state index is 0.0551. The van der Waals surface area contributed by atoms with E-state index in [1.807, 2.05) is 48.5 Å². The summed E-state index contributed by atoms with van der Waals surface area (Å²) in [4.78, 5) is 27.0. The van der Waals surface area contributed by atoms with Crippen molar-refractivity contribution in [2.24, 2.45) is 0 Å². The molecule has 0 saturated heterocycles. The second-order valence-electron chi connectivity index (χ2n) is 7.77. The highest BCUT2D eigenvalue weighted by atomic mass is 32.2. The van der Waals surface area contributed by atoms with Gasteiger partial charge in [-0.25, -0.2) is 0 Å². The molecule has 0 radical (unpaired) electrons. The van der Waals surface area contributed by atoms with Gasteiger partial charge >= 0.3 is 16.9 Å². The highest BCUT2D eigenvalue weighted by Gasteiger charge is 2.39. The highest BCUT2D eigenvalue weighted by molar-refractivity contribution is 7.98. The monoisotopic (exact) mass is 490 g/mol. The number of thioether (sulfide) groups is 1. The van der Waals surface area contributed by atoms with Gasteiger partial charge in [0, 0.05) is 16.9 Å². The predicted molar refractivity (Wildman–Crippen MR) is 130 cm³/mol. The van der Waals surface area contributed by atoms with Crippen LogP contribution in [0.1, 0.15) is 17.3 Å². The Balaban J connectivity index is 1.65. The standard InChI is InChI=1S/C24H19N5O5S/c1-34-19-12-15(11-18(21(19)30)29(32)33)22-25-17-10-6-5-9-16(17)20-23(31)26-24(27-28(20)22)35-13-14-7-3-2-4-8-14/h2-12,22H,13H2,1H3,(H2,26,27,30,31)/p+1/t22-/m1/s1. The molecule has 176 valence electrons. The molecule has 1 aliphatic rings. The van der Waals surface area contributed by atoms with Crippen molar-refractivity contribution in [2.75, 3.05) is 12.4 Å². The molecule has 0 saturated carbocycles. The lowest BCUT2D eigenvalue weighted by Crippen LogP contribution is -2.55. The number of H-pyrrole nitrogens is 1. The van der Waals surface area contributed by atoms with Crippen LogP contribution in [0.2, 0.25) is 0 Å². The molecular weight excluding hydrogens is 470 g/mol. The lowest BCUT2D eigenvalue weighted by atomic mass is 10.0. The van der Waals surface area contributed by atoms with Crippen molar-refractivity contribution in [3.8, 4) is 22.8 Å². The molecule has 0 unspecified atom stereocenters. The smallest absolute Gasteiger partial charge is 0.325 e. The fourth-order valence-corrected chi connectivity index (χ4v) is 4.78. The number of rotatable bonds is 6. The van der Waals surface area contributed by atoms with Gasteiger partial charge in [-0.1, -0.05) is 54.2 Å². The van der Waals surface area contributed by atoms with Crippen LogP contribution in [0.15, 0.2) is 76.7 Å². The zero-order valence-electron chi connectivity index (χ0n) is 18.5. The number of anilines is 1. The first-order valence-electron chi connectivity index (χ1n) is 10.6. The Morgan fingerprint density at radius 3 is 2.66 bits per heavy atom. The number of benzene rings is 3. The number of nitro groups is 1. The number of hydrogen-bond donors (Lipinski definition) is 3. The number of phenols is 1. The minimum Gasteiger partial charge on any atom is -0.500 e. The average molecular weight is 491 g/mol. The molecule has 2 heterocycles. The van der Waals surface area contributed by atoms with E-state index in [0.717, 1.165) is 5.56 Å². The zero-order valence-corrected chi connectivity index (χ0v) is 19.3. The fraction of sp³-hybridized carbons (Fsp3) is 0.125. The fourth-order valence-electron chi connectivity index (χ4n) is 3.97. The summed E-state index contributed by atoms with van der Waals surface area (Å²) < 4.78 is 6.69. The molecule has 1 atom stereocenters. The number of para-hydroxylation sites is 1. The van der Waals surface area contributed by atoms with Crippen LogP contribution in [-0.4, -0.2) is 27.2 Å². The summed E-state index contributed by atoms with van der Waals surface area (Å²) in [6, 6.07) is 19.8. The molecule has 35 heavy (non-hydrogen) atoms. The number of aromatic hydroxyl groups is 1. The molecule has 5 rings (SSSR count). The van der Waals surface area contributed by atoms with Crippen LogP contribution in [0.25, 0.3) is 11.3 Å². The molecule has 0 fully saturated rings. The first-order valence-corrected chi connectivity index (χ1v) is 11.6. The van der Waals surface area contributed by atoms with Gasteiger partial charge in [0.25, 0.3) is 6.17 Å². The van der Waals surface area contributed by atoms with Crippen molar-refractivity contribution >= 4 is 23.1 Å². The molecule has 10 nitrogen and oxygen atoms in total. The summed E-state index contributed by atoms with van der Waals surface area (Å²) in [5.74, 6) is -0.0303. The van der Waals surface area contributed by atoms with E-state index in [1.54, 1.807) is 6.07 Å². The van der Waals surface area contributed by atoms with Crippen LogP contribution < -0.4 is 20.3 Å². The number of nitrogens with one attached hydrogen (secondary N) is 2. The molecule has 3 N–H and O–H groups in total. The van der Waals surface area contributed by atoms with Gasteiger partial charge in [-0.05, 0) is 28.4 Å². The lowest BCUT2D eigenvalue weighted by Gasteiger charge is -2.22. The molecule has 0 amide bonds. The van der Waals surface area contributed by atoms with Crippen LogP contribution in [0.3, 0.4) is 0 Å². The Morgan fingerprint density at radius 2 is 1.91 bits per heavy atom. The van der Waals surface area contributed by atoms with E-state index in [1.165, 1.54) is 35.7 Å². The number of ether oxygens (including phenoxy) is 1. The third kappa shape index (κ3) is 4.17. The van der Waals surface area contributed by atoms with Gasteiger partial charge in [0.15, 0.2) is 5.75 Å². The average Bonchev–Trinajstić information content (AvgIpc) is 2.87. The first-order chi connectivity index (χ1) is 17.0. The zero-order chi connectivity index (χ0) is 24.5. The SMILES string of the molecule is COc1cc([C@@H]2Nc3ccccc3-c3c(=O)[nH]c(SCc4ccccc4)n[n+]32)cc([N+](=O)[O-])c1O. The maximum absolute atomic E-state index is 13.3. The van der Waals surface area contributed by atoms with E-state index < -0.39 is 22.5 Å². The number of nitro benzene ring substituents is 1. The molecule has 0 bridgehead atoms. The Hall–Kier alpha value is -4.38. The van der Waals surface area contributed by atoms with Gasteiger partial charge in [0.05, 0.1) is 28.8 Å². The predicted octanol–water partition coefficient (Wildman–Crippen LogP) is 3.61. The number of aromatic nitrogens is 3. The number of aromatic amines is 1. The molecule has 0 spiro atoms. The van der Waals surface area contributed by atoms with E-state index in [-0.39, 0.29) is 11.3 Å². The topological polar surface area (TPSA) is 134 Å². The number of phenolic OH excluding ortho intramolecular Hbond substituents is 1. The van der Waals surface area contributed by atoms with Crippen molar-refractivity contribution in [1.82, 2.24) is 10.1 Å². The summed E-state index contributed by atoms with van der Waals surface area (Å²) in [6.45, 7) is 0. The lowest BCUT2D eigenvalue weighted by molar-refractivity contribution is -0.759. The summed E-state index contributed by atoms with van der Waals surface area (Å²) >= 11 is 1.37. The third-order valence-corrected chi connectivity index (χ3v) is 6.54. The van der Waals surface area contributed by atoms with Crippen LogP contribution in [0.5, 0.6) is 11.5 Å². The van der Waals surface area contributed by atoms with Crippen molar-refractivity contribution in [3.63, 3.8) is 0 Å². The molecule has 11 heteroatoms. The second kappa shape index (κ2) is 9.11. The summed E-state index contributed by atoms with van der Waals surface area (Å²) in [6.07, 6.45) is -0.772. The van der Waals surface area contributed by atoms with E-state index in [2.05, 4.69) is 15.4 Å². The number of hydrogen-bond acceptors (Lipinski definition) is 8. The van der Waals surface area contributed by atoms with Crippen molar-refractivity contribution in [2.45, 2.75) is 17.1 Å². The Labute approximate surface area is 203 Å². The Bertz CT molecular complexity index is 1490. The van der Waals surface area contributed by atoms with E-state index >= 15 is 0 Å². The van der Waals surface area contributed by atoms with Gasteiger partial charge in [-0.15, -0.1) is 0 Å². The van der Waals surface area contributed by atoms with E-state index in [4.69, 9.17) is 4.74 Å². The molecule has 1 aliphatic heterocycles. The Kier molecular flexibility index (Phi) is 5.83. The number of methoxy groups -OCH3 is 1. The molecular formula is C24H20N5O5S+. The van der Waals surface area contributed by atoms with Crippen LogP contribution >= 0.6 is 11.8 Å². The van der Waals surface area contributed by atoms with Gasteiger partial charge in [-0.3, -0.25) is 19.9 Å². The molecule has 1 aromatic heterocycles. The summed E-state index contributed by atoms with van der Waals surface area (Å²) in [7, 11) is 1.31. The maximum Gasteiger partial charge on any atom is 0.325 e. The van der Waals surface area contributed by atoms with Gasteiger partial charge in [0.1, 0.15) is 0 Å².